The van der Waals surface area contributed by atoms with Crippen LogP contribution in [0.2, 0.25) is 0 Å². The molecule has 1 fully saturated rings. The molecule has 7 nitrogen and oxygen atoms in total. The Labute approximate surface area is 106 Å². The van der Waals surface area contributed by atoms with Crippen LogP contribution in [0, 0.1) is 0 Å². The number of carboxylic acids is 1. The van der Waals surface area contributed by atoms with Crippen LogP contribution in [0.25, 0.3) is 0 Å². The molecule has 0 bridgehead atoms. The van der Waals surface area contributed by atoms with Gasteiger partial charge in [0.15, 0.2) is 0 Å². The van der Waals surface area contributed by atoms with E-state index >= 15 is 0 Å². The number of rotatable bonds is 6. The number of methoxy groups -OCH3 is 1. The van der Waals surface area contributed by atoms with Crippen molar-refractivity contribution in [1.29, 1.82) is 0 Å². The van der Waals surface area contributed by atoms with Crippen LogP contribution in [0.1, 0.15) is 19.3 Å². The summed E-state index contributed by atoms with van der Waals surface area (Å²) in [5, 5.41) is 14.1. The Morgan fingerprint density at radius 2 is 2.11 bits per heavy atom. The summed E-state index contributed by atoms with van der Waals surface area (Å²) >= 11 is 0. The number of ether oxygens (including phenoxy) is 2. The molecule has 1 saturated heterocycles. The third-order valence-corrected chi connectivity index (χ3v) is 2.77. The van der Waals surface area contributed by atoms with Gasteiger partial charge in [0.2, 0.25) is 0 Å². The number of nitrogens with one attached hydrogen (secondary N) is 2. The van der Waals surface area contributed by atoms with E-state index in [1.165, 1.54) is 7.11 Å². The van der Waals surface area contributed by atoms with Gasteiger partial charge in [0, 0.05) is 39.4 Å². The minimum Gasteiger partial charge on any atom is -0.480 e. The molecule has 18 heavy (non-hydrogen) atoms. The first-order valence-corrected chi connectivity index (χ1v) is 6.00. The van der Waals surface area contributed by atoms with Crippen molar-refractivity contribution in [3.05, 3.63) is 0 Å². The van der Waals surface area contributed by atoms with Crippen LogP contribution >= 0.6 is 0 Å². The molecule has 0 aliphatic carbocycles. The maximum Gasteiger partial charge on any atom is 0.326 e. The van der Waals surface area contributed by atoms with Crippen molar-refractivity contribution in [2.24, 2.45) is 0 Å². The summed E-state index contributed by atoms with van der Waals surface area (Å²) in [6.45, 7) is 1.53. The Kier molecular flexibility index (Phi) is 6.45. The molecular formula is C11H20N2O5. The molecule has 1 aliphatic heterocycles. The van der Waals surface area contributed by atoms with E-state index < -0.39 is 18.0 Å². The molecule has 3 N–H and O–H groups in total. The van der Waals surface area contributed by atoms with Crippen LogP contribution in [0.3, 0.4) is 0 Å². The van der Waals surface area contributed by atoms with Gasteiger partial charge in [-0.25, -0.2) is 9.59 Å². The summed E-state index contributed by atoms with van der Waals surface area (Å²) in [4.78, 5) is 22.5. The Hall–Kier alpha value is -1.34. The van der Waals surface area contributed by atoms with Gasteiger partial charge in [-0.05, 0) is 12.8 Å². The van der Waals surface area contributed by atoms with Gasteiger partial charge in [-0.1, -0.05) is 0 Å². The molecule has 1 unspecified atom stereocenters. The molecule has 1 heterocycles. The molecule has 1 aliphatic rings. The third kappa shape index (κ3) is 5.33. The fourth-order valence-corrected chi connectivity index (χ4v) is 1.72. The van der Waals surface area contributed by atoms with Crippen LogP contribution < -0.4 is 10.6 Å². The number of hydrogen-bond donors (Lipinski definition) is 3. The van der Waals surface area contributed by atoms with Crippen molar-refractivity contribution in [2.75, 3.05) is 26.9 Å². The van der Waals surface area contributed by atoms with Crippen LogP contribution in [-0.4, -0.2) is 56.1 Å². The predicted molar refractivity (Wildman–Crippen MR) is 63.4 cm³/mol. The van der Waals surface area contributed by atoms with Crippen LogP contribution in [-0.2, 0) is 14.3 Å². The van der Waals surface area contributed by atoms with Crippen LogP contribution in [0.5, 0.6) is 0 Å². The molecule has 0 aromatic heterocycles. The number of carboxylic acid groups (broad SMARTS) is 1. The van der Waals surface area contributed by atoms with Crippen molar-refractivity contribution >= 4 is 12.0 Å². The van der Waals surface area contributed by atoms with Gasteiger partial charge in [-0.15, -0.1) is 0 Å². The second kappa shape index (κ2) is 7.88. The molecule has 7 heteroatoms. The molecule has 104 valence electrons. The van der Waals surface area contributed by atoms with E-state index in [1.54, 1.807) is 0 Å². The van der Waals surface area contributed by atoms with Crippen molar-refractivity contribution in [3.8, 4) is 0 Å². The largest absolute Gasteiger partial charge is 0.480 e. The van der Waals surface area contributed by atoms with E-state index in [-0.39, 0.29) is 19.1 Å². The number of hydrogen-bond acceptors (Lipinski definition) is 4. The van der Waals surface area contributed by atoms with Gasteiger partial charge in [0.25, 0.3) is 0 Å². The van der Waals surface area contributed by atoms with Gasteiger partial charge in [-0.3, -0.25) is 0 Å². The van der Waals surface area contributed by atoms with E-state index in [4.69, 9.17) is 14.6 Å². The average Bonchev–Trinajstić information content (AvgIpc) is 2.35. The van der Waals surface area contributed by atoms with Gasteiger partial charge in [0.1, 0.15) is 6.04 Å². The first-order chi connectivity index (χ1) is 8.63. The SMILES string of the molecule is COCCC(NC(=O)NC1CCOCC1)C(=O)O. The zero-order valence-electron chi connectivity index (χ0n) is 10.5. The monoisotopic (exact) mass is 260 g/mol. The molecule has 1 atom stereocenters. The first-order valence-electron chi connectivity index (χ1n) is 6.00. The minimum absolute atomic E-state index is 0.0515. The smallest absolute Gasteiger partial charge is 0.326 e. The lowest BCUT2D eigenvalue weighted by Crippen LogP contribution is -2.50. The minimum atomic E-state index is -1.06. The maximum absolute atomic E-state index is 11.6. The predicted octanol–water partition coefficient (Wildman–Crippen LogP) is -0.0457. The van der Waals surface area contributed by atoms with Gasteiger partial charge < -0.3 is 25.2 Å². The fraction of sp³-hybridized carbons (Fsp3) is 0.818. The number of urea groups is 1. The van der Waals surface area contributed by atoms with E-state index in [0.29, 0.717) is 13.2 Å². The number of carbonyl (C=O) groups is 2. The second-order valence-corrected chi connectivity index (χ2v) is 4.18. The second-order valence-electron chi connectivity index (χ2n) is 4.18. The van der Waals surface area contributed by atoms with E-state index in [2.05, 4.69) is 10.6 Å². The van der Waals surface area contributed by atoms with Gasteiger partial charge in [-0.2, -0.15) is 0 Å². The van der Waals surface area contributed by atoms with Gasteiger partial charge >= 0.3 is 12.0 Å². The Balaban J connectivity index is 2.32. The Morgan fingerprint density at radius 1 is 1.44 bits per heavy atom. The lowest BCUT2D eigenvalue weighted by atomic mass is 10.1. The fourth-order valence-electron chi connectivity index (χ4n) is 1.72. The van der Waals surface area contributed by atoms with E-state index in [1.807, 2.05) is 0 Å². The summed E-state index contributed by atoms with van der Waals surface area (Å²) in [5.41, 5.74) is 0. The molecule has 0 saturated carbocycles. The lowest BCUT2D eigenvalue weighted by molar-refractivity contribution is -0.139. The van der Waals surface area contributed by atoms with Crippen molar-refractivity contribution in [2.45, 2.75) is 31.3 Å². The standard InChI is InChI=1S/C11H20N2O5/c1-17-5-4-9(10(14)15)13-11(16)12-8-2-6-18-7-3-8/h8-9H,2-7H2,1H3,(H,14,15)(H2,12,13,16). The number of carbonyl (C=O) groups excluding carboxylic acids is 1. The molecule has 0 radical (unpaired) electrons. The molecular weight excluding hydrogens is 240 g/mol. The normalized spacial score (nSPS) is 18.1. The summed E-state index contributed by atoms with van der Waals surface area (Å²) in [6.07, 6.45) is 1.75. The van der Waals surface area contributed by atoms with E-state index in [0.717, 1.165) is 12.8 Å². The van der Waals surface area contributed by atoms with Crippen molar-refractivity contribution < 1.29 is 24.2 Å². The summed E-state index contributed by atoms with van der Waals surface area (Å²) < 4.78 is 9.97. The number of amides is 2. The highest BCUT2D eigenvalue weighted by Gasteiger charge is 2.22. The van der Waals surface area contributed by atoms with Gasteiger partial charge in [0.05, 0.1) is 0 Å². The lowest BCUT2D eigenvalue weighted by Gasteiger charge is -2.24. The van der Waals surface area contributed by atoms with Crippen LogP contribution in [0.4, 0.5) is 4.79 Å². The zero-order chi connectivity index (χ0) is 13.4. The van der Waals surface area contributed by atoms with E-state index in [9.17, 15) is 9.59 Å². The molecule has 2 amide bonds. The quantitative estimate of drug-likeness (QED) is 0.622. The first kappa shape index (κ1) is 14.7. The van der Waals surface area contributed by atoms with Crippen LogP contribution in [0.15, 0.2) is 0 Å². The maximum atomic E-state index is 11.6. The third-order valence-electron chi connectivity index (χ3n) is 2.77. The highest BCUT2D eigenvalue weighted by molar-refractivity contribution is 5.82. The summed E-state index contributed by atoms with van der Waals surface area (Å²) in [6, 6.07) is -1.33. The Bertz CT molecular complexity index is 279. The highest BCUT2D eigenvalue weighted by atomic mass is 16.5. The summed E-state index contributed by atoms with van der Waals surface area (Å²) in [7, 11) is 1.49. The Morgan fingerprint density at radius 3 is 2.67 bits per heavy atom. The summed E-state index contributed by atoms with van der Waals surface area (Å²) in [5.74, 6) is -1.06. The molecule has 0 aromatic rings. The highest BCUT2D eigenvalue weighted by Crippen LogP contribution is 2.05. The zero-order valence-corrected chi connectivity index (χ0v) is 10.5. The average molecular weight is 260 g/mol. The topological polar surface area (TPSA) is 96.9 Å². The molecule has 1 rings (SSSR count). The van der Waals surface area contributed by atoms with Crippen molar-refractivity contribution in [1.82, 2.24) is 10.6 Å². The van der Waals surface area contributed by atoms with Crippen molar-refractivity contribution in [3.63, 3.8) is 0 Å². The molecule has 0 spiro atoms. The number of aliphatic carboxylic acids is 1. The molecule has 0 aromatic carbocycles.